The van der Waals surface area contributed by atoms with E-state index in [0.29, 0.717) is 19.1 Å². The van der Waals surface area contributed by atoms with Crippen molar-refractivity contribution in [2.45, 2.75) is 38.8 Å². The molecular formula is C17H23N3O3. The van der Waals surface area contributed by atoms with Gasteiger partial charge in [-0.25, -0.2) is 4.79 Å². The van der Waals surface area contributed by atoms with E-state index >= 15 is 0 Å². The van der Waals surface area contributed by atoms with E-state index in [1.165, 1.54) is 0 Å². The number of carbonyl (C=O) groups is 1. The maximum atomic E-state index is 12.2. The predicted octanol–water partition coefficient (Wildman–Crippen LogP) is 3.27. The standard InChI is InChI=1S/C17H23N3O3/c1-17(2,3)23-16(21)20-10-9-12(11-20)19(4)15-18-13-7-5-6-8-14(13)22-15/h5-8,12H,9-11H2,1-4H3/t12-/m1/s1. The molecular weight excluding hydrogens is 294 g/mol. The van der Waals surface area contributed by atoms with Gasteiger partial charge in [-0.15, -0.1) is 0 Å². The van der Waals surface area contributed by atoms with E-state index in [1.807, 2.05) is 57.0 Å². The van der Waals surface area contributed by atoms with Crippen LogP contribution >= 0.6 is 0 Å². The number of oxazole rings is 1. The Balaban J connectivity index is 1.67. The van der Waals surface area contributed by atoms with Gasteiger partial charge in [0.05, 0.1) is 6.04 Å². The number of hydrogen-bond donors (Lipinski definition) is 0. The first-order chi connectivity index (χ1) is 10.8. The van der Waals surface area contributed by atoms with Gasteiger partial charge in [-0.1, -0.05) is 12.1 Å². The number of rotatable bonds is 2. The number of para-hydroxylation sites is 2. The lowest BCUT2D eigenvalue weighted by Gasteiger charge is -2.26. The van der Waals surface area contributed by atoms with Crippen molar-refractivity contribution in [2.75, 3.05) is 25.0 Å². The molecule has 6 heteroatoms. The van der Waals surface area contributed by atoms with Gasteiger partial charge < -0.3 is 19.0 Å². The monoisotopic (exact) mass is 317 g/mol. The van der Waals surface area contributed by atoms with Crippen molar-refractivity contribution >= 4 is 23.2 Å². The van der Waals surface area contributed by atoms with Gasteiger partial charge in [-0.3, -0.25) is 0 Å². The zero-order chi connectivity index (χ0) is 16.6. The summed E-state index contributed by atoms with van der Waals surface area (Å²) in [6, 6.07) is 8.46. The van der Waals surface area contributed by atoms with Crippen molar-refractivity contribution in [1.82, 2.24) is 9.88 Å². The molecule has 23 heavy (non-hydrogen) atoms. The SMILES string of the molecule is CN(c1nc2ccccc2o1)[C@@H]1CCN(C(=O)OC(C)(C)C)C1. The van der Waals surface area contributed by atoms with Crippen molar-refractivity contribution in [3.8, 4) is 0 Å². The molecule has 1 aliphatic rings. The van der Waals surface area contributed by atoms with Crippen LogP contribution in [0.4, 0.5) is 10.8 Å². The number of likely N-dealkylation sites (N-methyl/N-ethyl adjacent to an activating group) is 1. The summed E-state index contributed by atoms with van der Waals surface area (Å²) < 4.78 is 11.2. The fourth-order valence-corrected chi connectivity index (χ4v) is 2.72. The first-order valence-electron chi connectivity index (χ1n) is 7.90. The second-order valence-corrected chi connectivity index (χ2v) is 6.94. The Labute approximate surface area is 136 Å². The molecule has 3 rings (SSSR count). The fourth-order valence-electron chi connectivity index (χ4n) is 2.72. The van der Waals surface area contributed by atoms with Crippen molar-refractivity contribution in [3.63, 3.8) is 0 Å². The highest BCUT2D eigenvalue weighted by Gasteiger charge is 2.33. The number of ether oxygens (including phenoxy) is 1. The predicted molar refractivity (Wildman–Crippen MR) is 88.6 cm³/mol. The van der Waals surface area contributed by atoms with Crippen LogP contribution in [0, 0.1) is 0 Å². The Kier molecular flexibility index (Phi) is 3.92. The third kappa shape index (κ3) is 3.41. The number of aromatic nitrogens is 1. The molecule has 1 aliphatic heterocycles. The zero-order valence-electron chi connectivity index (χ0n) is 14.1. The summed E-state index contributed by atoms with van der Waals surface area (Å²) >= 11 is 0. The van der Waals surface area contributed by atoms with Gasteiger partial charge in [-0.05, 0) is 39.3 Å². The van der Waals surface area contributed by atoms with Crippen molar-refractivity contribution < 1.29 is 13.9 Å². The number of fused-ring (bicyclic) bond motifs is 1. The third-order valence-electron chi connectivity index (χ3n) is 3.95. The highest BCUT2D eigenvalue weighted by molar-refractivity contribution is 5.74. The smallest absolute Gasteiger partial charge is 0.410 e. The van der Waals surface area contributed by atoms with E-state index in [-0.39, 0.29) is 12.1 Å². The molecule has 0 saturated carbocycles. The fraction of sp³-hybridized carbons (Fsp3) is 0.529. The Morgan fingerprint density at radius 2 is 2.13 bits per heavy atom. The number of likely N-dealkylation sites (tertiary alicyclic amines) is 1. The number of nitrogens with zero attached hydrogens (tertiary/aromatic N) is 3. The maximum Gasteiger partial charge on any atom is 0.410 e. The first kappa shape index (κ1) is 15.6. The molecule has 0 aliphatic carbocycles. The Bertz CT molecular complexity index is 671. The van der Waals surface area contributed by atoms with Crippen LogP contribution in [0.2, 0.25) is 0 Å². The molecule has 1 fully saturated rings. The zero-order valence-corrected chi connectivity index (χ0v) is 14.1. The molecule has 1 saturated heterocycles. The maximum absolute atomic E-state index is 12.2. The lowest BCUT2D eigenvalue weighted by Crippen LogP contribution is -2.39. The summed E-state index contributed by atoms with van der Waals surface area (Å²) in [6.07, 6.45) is 0.611. The molecule has 0 N–H and O–H groups in total. The number of amides is 1. The van der Waals surface area contributed by atoms with Gasteiger partial charge in [0.1, 0.15) is 11.1 Å². The molecule has 0 radical (unpaired) electrons. The first-order valence-corrected chi connectivity index (χ1v) is 7.90. The molecule has 124 valence electrons. The van der Waals surface area contributed by atoms with Gasteiger partial charge in [0.15, 0.2) is 5.58 Å². The van der Waals surface area contributed by atoms with Crippen LogP contribution in [0.1, 0.15) is 27.2 Å². The van der Waals surface area contributed by atoms with Gasteiger partial charge in [0.2, 0.25) is 0 Å². The molecule has 0 spiro atoms. The van der Waals surface area contributed by atoms with E-state index in [1.54, 1.807) is 4.90 Å². The number of carbonyl (C=O) groups excluding carboxylic acids is 1. The van der Waals surface area contributed by atoms with E-state index < -0.39 is 5.60 Å². The Morgan fingerprint density at radius 1 is 1.39 bits per heavy atom. The topological polar surface area (TPSA) is 58.8 Å². The van der Waals surface area contributed by atoms with Gasteiger partial charge in [0, 0.05) is 20.1 Å². The normalized spacial score (nSPS) is 18.4. The average Bonchev–Trinajstić information content (AvgIpc) is 3.11. The summed E-state index contributed by atoms with van der Waals surface area (Å²) in [5.41, 5.74) is 1.15. The van der Waals surface area contributed by atoms with Crippen molar-refractivity contribution in [1.29, 1.82) is 0 Å². The summed E-state index contributed by atoms with van der Waals surface area (Å²) in [5, 5.41) is 0. The van der Waals surface area contributed by atoms with Crippen LogP contribution in [0.5, 0.6) is 0 Å². The summed E-state index contributed by atoms with van der Waals surface area (Å²) in [5.74, 6) is 0. The van der Waals surface area contributed by atoms with Gasteiger partial charge in [0.25, 0.3) is 6.01 Å². The van der Waals surface area contributed by atoms with Crippen molar-refractivity contribution in [2.24, 2.45) is 0 Å². The van der Waals surface area contributed by atoms with E-state index in [0.717, 1.165) is 17.5 Å². The molecule has 6 nitrogen and oxygen atoms in total. The Morgan fingerprint density at radius 3 is 2.83 bits per heavy atom. The summed E-state index contributed by atoms with van der Waals surface area (Å²) in [6.45, 7) is 6.93. The van der Waals surface area contributed by atoms with E-state index in [4.69, 9.17) is 9.15 Å². The molecule has 1 aromatic heterocycles. The minimum Gasteiger partial charge on any atom is -0.444 e. The quantitative estimate of drug-likeness (QED) is 0.851. The van der Waals surface area contributed by atoms with Crippen LogP contribution in [0.3, 0.4) is 0 Å². The van der Waals surface area contributed by atoms with E-state index in [2.05, 4.69) is 4.98 Å². The van der Waals surface area contributed by atoms with Crippen molar-refractivity contribution in [3.05, 3.63) is 24.3 Å². The highest BCUT2D eigenvalue weighted by atomic mass is 16.6. The van der Waals surface area contributed by atoms with Crippen LogP contribution in [-0.4, -0.2) is 47.8 Å². The van der Waals surface area contributed by atoms with Gasteiger partial charge >= 0.3 is 6.09 Å². The molecule has 1 aromatic carbocycles. The molecule has 1 amide bonds. The molecule has 0 bridgehead atoms. The number of anilines is 1. The number of hydrogen-bond acceptors (Lipinski definition) is 5. The largest absolute Gasteiger partial charge is 0.444 e. The number of benzene rings is 1. The minimum atomic E-state index is -0.471. The second-order valence-electron chi connectivity index (χ2n) is 6.94. The minimum absolute atomic E-state index is 0.176. The Hall–Kier alpha value is -2.24. The van der Waals surface area contributed by atoms with Crippen LogP contribution in [-0.2, 0) is 4.74 Å². The average molecular weight is 317 g/mol. The molecule has 2 heterocycles. The van der Waals surface area contributed by atoms with Crippen LogP contribution in [0.25, 0.3) is 11.1 Å². The molecule has 2 aromatic rings. The highest BCUT2D eigenvalue weighted by Crippen LogP contribution is 2.25. The van der Waals surface area contributed by atoms with Gasteiger partial charge in [-0.2, -0.15) is 4.98 Å². The van der Waals surface area contributed by atoms with Crippen LogP contribution in [0.15, 0.2) is 28.7 Å². The van der Waals surface area contributed by atoms with Crippen LogP contribution < -0.4 is 4.90 Å². The van der Waals surface area contributed by atoms with E-state index in [9.17, 15) is 4.79 Å². The summed E-state index contributed by atoms with van der Waals surface area (Å²) in [7, 11) is 1.95. The lowest BCUT2D eigenvalue weighted by atomic mass is 10.2. The molecule has 1 atom stereocenters. The molecule has 0 unspecified atom stereocenters. The summed E-state index contributed by atoms with van der Waals surface area (Å²) in [4.78, 5) is 20.4. The second kappa shape index (κ2) is 5.76. The third-order valence-corrected chi connectivity index (χ3v) is 3.95. The lowest BCUT2D eigenvalue weighted by molar-refractivity contribution is 0.0292.